The monoisotopic (exact) mass is 314 g/mol. The van der Waals surface area contributed by atoms with E-state index in [1.807, 2.05) is 18.2 Å². The lowest BCUT2D eigenvalue weighted by Crippen LogP contribution is -2.15. The maximum absolute atomic E-state index is 12.6. The van der Waals surface area contributed by atoms with Crippen LogP contribution < -0.4 is 5.32 Å². The van der Waals surface area contributed by atoms with Gasteiger partial charge in [0.25, 0.3) is 5.91 Å². The lowest BCUT2D eigenvalue weighted by atomic mass is 9.89. The van der Waals surface area contributed by atoms with Gasteiger partial charge in [-0.15, -0.1) is 0 Å². The third-order valence-electron chi connectivity index (χ3n) is 4.26. The number of hydrogen-bond donors (Lipinski definition) is 2. The van der Waals surface area contributed by atoms with E-state index in [4.69, 9.17) is 5.26 Å². The van der Waals surface area contributed by atoms with Crippen LogP contribution in [-0.2, 0) is 12.8 Å². The zero-order valence-electron chi connectivity index (χ0n) is 12.8. The normalized spacial score (nSPS) is 12.0. The van der Waals surface area contributed by atoms with Crippen molar-refractivity contribution in [2.24, 2.45) is 0 Å². The average Bonchev–Trinajstić information content (AvgIpc) is 3.06. The Morgan fingerprint density at radius 3 is 2.92 bits per heavy atom. The molecule has 0 atom stereocenters. The molecule has 3 aromatic rings. The number of benzene rings is 2. The van der Waals surface area contributed by atoms with Gasteiger partial charge in [0, 0.05) is 16.8 Å². The minimum absolute atomic E-state index is 0.238. The first-order chi connectivity index (χ1) is 11.8. The number of nitrogens with one attached hydrogen (secondary N) is 2. The van der Waals surface area contributed by atoms with Crippen LogP contribution in [0, 0.1) is 11.3 Å². The fourth-order valence-electron chi connectivity index (χ4n) is 3.11. The van der Waals surface area contributed by atoms with Gasteiger partial charge in [-0.2, -0.15) is 10.4 Å². The highest BCUT2D eigenvalue weighted by Gasteiger charge is 2.24. The maximum Gasteiger partial charge on any atom is 0.273 e. The number of aromatic nitrogens is 2. The summed E-state index contributed by atoms with van der Waals surface area (Å²) in [5.41, 5.74) is 5.73. The van der Waals surface area contributed by atoms with Gasteiger partial charge in [0.2, 0.25) is 0 Å². The van der Waals surface area contributed by atoms with Gasteiger partial charge in [-0.25, -0.2) is 0 Å². The van der Waals surface area contributed by atoms with E-state index in [-0.39, 0.29) is 5.91 Å². The molecule has 5 heteroatoms. The van der Waals surface area contributed by atoms with Gasteiger partial charge in [-0.1, -0.05) is 30.3 Å². The average molecular weight is 314 g/mol. The number of H-pyrrole nitrogens is 1. The number of nitriles is 1. The van der Waals surface area contributed by atoms with Crippen LogP contribution in [0.15, 0.2) is 48.5 Å². The van der Waals surface area contributed by atoms with E-state index in [1.165, 1.54) is 5.56 Å². The lowest BCUT2D eigenvalue weighted by Gasteiger charge is -2.15. The zero-order chi connectivity index (χ0) is 16.5. The van der Waals surface area contributed by atoms with Gasteiger partial charge in [0.15, 0.2) is 0 Å². The summed E-state index contributed by atoms with van der Waals surface area (Å²) in [7, 11) is 0. The van der Waals surface area contributed by atoms with Crippen molar-refractivity contribution in [3.05, 3.63) is 70.9 Å². The molecule has 2 aromatic carbocycles. The van der Waals surface area contributed by atoms with Crippen molar-refractivity contribution in [3.63, 3.8) is 0 Å². The van der Waals surface area contributed by atoms with Crippen LogP contribution in [0.2, 0.25) is 0 Å². The minimum atomic E-state index is -0.238. The van der Waals surface area contributed by atoms with Gasteiger partial charge in [-0.3, -0.25) is 9.89 Å². The van der Waals surface area contributed by atoms with Crippen molar-refractivity contribution in [2.45, 2.75) is 12.8 Å². The first-order valence-corrected chi connectivity index (χ1v) is 7.73. The fourth-order valence-corrected chi connectivity index (χ4v) is 3.11. The molecule has 0 unspecified atom stereocenters. The van der Waals surface area contributed by atoms with Crippen LogP contribution >= 0.6 is 0 Å². The molecule has 116 valence electrons. The van der Waals surface area contributed by atoms with E-state index in [1.54, 1.807) is 24.3 Å². The molecular formula is C19H14N4O. The minimum Gasteiger partial charge on any atom is -0.321 e. The van der Waals surface area contributed by atoms with Crippen molar-refractivity contribution in [1.29, 1.82) is 5.26 Å². The molecule has 4 rings (SSSR count). The lowest BCUT2D eigenvalue weighted by molar-refractivity contribution is 0.102. The largest absolute Gasteiger partial charge is 0.321 e. The Hall–Kier alpha value is -3.39. The molecule has 0 saturated carbocycles. The van der Waals surface area contributed by atoms with Crippen molar-refractivity contribution >= 4 is 11.6 Å². The van der Waals surface area contributed by atoms with Crippen LogP contribution in [0.3, 0.4) is 0 Å². The summed E-state index contributed by atoms with van der Waals surface area (Å²) in [6.07, 6.45) is 1.68. The summed E-state index contributed by atoms with van der Waals surface area (Å²) < 4.78 is 0. The summed E-state index contributed by atoms with van der Waals surface area (Å²) in [5.74, 6) is -0.238. The van der Waals surface area contributed by atoms with Gasteiger partial charge in [0.1, 0.15) is 5.69 Å². The van der Waals surface area contributed by atoms with Crippen LogP contribution in [0.1, 0.15) is 27.2 Å². The highest BCUT2D eigenvalue weighted by Crippen LogP contribution is 2.33. The first-order valence-electron chi connectivity index (χ1n) is 7.73. The zero-order valence-corrected chi connectivity index (χ0v) is 12.8. The van der Waals surface area contributed by atoms with Crippen LogP contribution in [0.5, 0.6) is 0 Å². The Labute approximate surface area is 139 Å². The molecule has 1 amide bonds. The van der Waals surface area contributed by atoms with Gasteiger partial charge < -0.3 is 5.32 Å². The standard InChI is InChI=1S/C19H14N4O/c20-11-12-4-3-6-14(10-12)21-19(24)18-16-9-8-13-5-1-2-7-15(13)17(16)22-23-18/h1-7,10H,8-9H2,(H,21,24)(H,22,23). The second-order valence-electron chi connectivity index (χ2n) is 5.73. The molecule has 0 saturated heterocycles. The molecule has 0 fully saturated rings. The highest BCUT2D eigenvalue weighted by molar-refractivity contribution is 6.05. The number of aromatic amines is 1. The number of hydrogen-bond acceptors (Lipinski definition) is 3. The first kappa shape index (κ1) is 14.2. The van der Waals surface area contributed by atoms with E-state index in [0.717, 1.165) is 29.7 Å². The second kappa shape index (κ2) is 5.67. The molecule has 1 heterocycles. The molecule has 5 nitrogen and oxygen atoms in total. The molecule has 0 aliphatic heterocycles. The topological polar surface area (TPSA) is 81.6 Å². The molecular weight excluding hydrogens is 300 g/mol. The Bertz CT molecular complexity index is 981. The molecule has 24 heavy (non-hydrogen) atoms. The Morgan fingerprint density at radius 1 is 1.17 bits per heavy atom. The quantitative estimate of drug-likeness (QED) is 0.761. The second-order valence-corrected chi connectivity index (χ2v) is 5.73. The van der Waals surface area contributed by atoms with E-state index in [2.05, 4.69) is 27.6 Å². The molecule has 1 aliphatic rings. The number of carbonyl (C=O) groups is 1. The third kappa shape index (κ3) is 2.34. The predicted octanol–water partition coefficient (Wildman–Crippen LogP) is 3.30. The number of fused-ring (bicyclic) bond motifs is 3. The van der Waals surface area contributed by atoms with Crippen LogP contribution in [0.25, 0.3) is 11.3 Å². The van der Waals surface area contributed by atoms with Gasteiger partial charge in [-0.05, 0) is 36.6 Å². The van der Waals surface area contributed by atoms with E-state index in [9.17, 15) is 4.79 Å². The summed E-state index contributed by atoms with van der Waals surface area (Å²) in [4.78, 5) is 12.6. The van der Waals surface area contributed by atoms with Crippen molar-refractivity contribution in [3.8, 4) is 17.3 Å². The summed E-state index contributed by atoms with van der Waals surface area (Å²) in [5, 5.41) is 19.0. The smallest absolute Gasteiger partial charge is 0.273 e. The predicted molar refractivity (Wildman–Crippen MR) is 90.5 cm³/mol. The van der Waals surface area contributed by atoms with Gasteiger partial charge in [0.05, 0.1) is 17.3 Å². The van der Waals surface area contributed by atoms with Crippen molar-refractivity contribution < 1.29 is 4.79 Å². The van der Waals surface area contributed by atoms with Gasteiger partial charge >= 0.3 is 0 Å². The highest BCUT2D eigenvalue weighted by atomic mass is 16.1. The van der Waals surface area contributed by atoms with Crippen LogP contribution in [-0.4, -0.2) is 16.1 Å². The van der Waals surface area contributed by atoms with Crippen LogP contribution in [0.4, 0.5) is 5.69 Å². The number of carbonyl (C=O) groups excluding carboxylic acids is 1. The molecule has 1 aliphatic carbocycles. The number of anilines is 1. The van der Waals surface area contributed by atoms with Crippen molar-refractivity contribution in [1.82, 2.24) is 10.2 Å². The van der Waals surface area contributed by atoms with E-state index >= 15 is 0 Å². The Balaban J connectivity index is 1.66. The summed E-state index contributed by atoms with van der Waals surface area (Å²) in [6.45, 7) is 0. The molecule has 0 spiro atoms. The van der Waals surface area contributed by atoms with E-state index in [0.29, 0.717) is 16.9 Å². The molecule has 2 N–H and O–H groups in total. The summed E-state index contributed by atoms with van der Waals surface area (Å²) in [6, 6.07) is 17.0. The third-order valence-corrected chi connectivity index (χ3v) is 4.26. The number of rotatable bonds is 2. The Kier molecular flexibility index (Phi) is 3.36. The van der Waals surface area contributed by atoms with E-state index < -0.39 is 0 Å². The SMILES string of the molecule is N#Cc1cccc(NC(=O)c2[nH]nc3c2CCc2ccccc2-3)c1. The molecule has 0 radical (unpaired) electrons. The summed E-state index contributed by atoms with van der Waals surface area (Å²) >= 11 is 0. The Morgan fingerprint density at radius 2 is 2.04 bits per heavy atom. The number of nitrogens with zero attached hydrogens (tertiary/aromatic N) is 2. The molecule has 0 bridgehead atoms. The fraction of sp³-hybridized carbons (Fsp3) is 0.105. The van der Waals surface area contributed by atoms with Crippen molar-refractivity contribution in [2.75, 3.05) is 5.32 Å². The number of amides is 1. The number of aryl methyl sites for hydroxylation is 1. The molecule has 1 aromatic heterocycles. The maximum atomic E-state index is 12.6.